The van der Waals surface area contributed by atoms with Crippen molar-refractivity contribution in [3.8, 4) is 17.2 Å². The van der Waals surface area contributed by atoms with E-state index in [1.54, 1.807) is 0 Å². The Kier molecular flexibility index (Phi) is 4.17. The number of benzene rings is 1. The van der Waals surface area contributed by atoms with Crippen LogP contribution in [0.5, 0.6) is 17.2 Å². The molecule has 94 valence electrons. The summed E-state index contributed by atoms with van der Waals surface area (Å²) in [5.74, 6) is -0.767. The zero-order chi connectivity index (χ0) is 13.0. The van der Waals surface area contributed by atoms with E-state index in [4.69, 9.17) is 14.2 Å². The number of carbonyl (C=O) groups is 1. The van der Waals surface area contributed by atoms with Gasteiger partial charge in [-0.3, -0.25) is 0 Å². The average Bonchev–Trinajstić information content (AvgIpc) is 2.35. The summed E-state index contributed by atoms with van der Waals surface area (Å²) < 4.78 is 15.0. The van der Waals surface area contributed by atoms with E-state index >= 15 is 0 Å². The molecule has 6 nitrogen and oxygen atoms in total. The van der Waals surface area contributed by atoms with Crippen LogP contribution in [0.3, 0.4) is 0 Å². The van der Waals surface area contributed by atoms with E-state index in [0.29, 0.717) is 11.5 Å². The van der Waals surface area contributed by atoms with Gasteiger partial charge in [0, 0.05) is 11.6 Å². The highest BCUT2D eigenvalue weighted by atomic mass is 16.5. The summed E-state index contributed by atoms with van der Waals surface area (Å²) in [6.07, 6.45) is -1.79. The minimum atomic E-state index is -1.79. The third kappa shape index (κ3) is 2.59. The van der Waals surface area contributed by atoms with Gasteiger partial charge in [-0.1, -0.05) is 0 Å². The van der Waals surface area contributed by atoms with E-state index in [1.807, 2.05) is 0 Å². The number of hydrogen-bond acceptors (Lipinski definition) is 6. The smallest absolute Gasteiger partial charge is 0.164 e. The van der Waals surface area contributed by atoms with Crippen LogP contribution in [-0.4, -0.2) is 32.4 Å². The zero-order valence-corrected chi connectivity index (χ0v) is 9.72. The van der Waals surface area contributed by atoms with E-state index < -0.39 is 12.1 Å². The number of methoxy groups -OCH3 is 3. The summed E-state index contributed by atoms with van der Waals surface area (Å²) >= 11 is 0. The summed E-state index contributed by atoms with van der Waals surface area (Å²) in [7, 11) is 4.19. The fraction of sp³-hybridized carbons (Fsp3) is 0.364. The van der Waals surface area contributed by atoms with Crippen molar-refractivity contribution < 1.29 is 29.2 Å². The predicted octanol–water partition coefficient (Wildman–Crippen LogP) is -0.504. The number of aliphatic carboxylic acids is 1. The van der Waals surface area contributed by atoms with Gasteiger partial charge in [-0.15, -0.1) is 0 Å². The van der Waals surface area contributed by atoms with Crippen molar-refractivity contribution >= 4 is 5.97 Å². The second-order valence-corrected chi connectivity index (χ2v) is 3.17. The maximum absolute atomic E-state index is 10.6. The number of aliphatic hydroxyl groups excluding tert-OH is 1. The largest absolute Gasteiger partial charge is 0.547 e. The number of hydrogen-bond donors (Lipinski definition) is 1. The van der Waals surface area contributed by atoms with Crippen molar-refractivity contribution in [2.24, 2.45) is 0 Å². The van der Waals surface area contributed by atoms with Crippen molar-refractivity contribution in [2.75, 3.05) is 21.3 Å². The Morgan fingerprint density at radius 1 is 1.12 bits per heavy atom. The fourth-order valence-electron chi connectivity index (χ4n) is 1.39. The summed E-state index contributed by atoms with van der Waals surface area (Å²) in [6.45, 7) is 0. The molecule has 1 unspecified atom stereocenters. The highest BCUT2D eigenvalue weighted by molar-refractivity contribution is 5.74. The van der Waals surface area contributed by atoms with Crippen molar-refractivity contribution in [2.45, 2.75) is 6.10 Å². The van der Waals surface area contributed by atoms with E-state index in [2.05, 4.69) is 0 Å². The van der Waals surface area contributed by atoms with Crippen LogP contribution in [0.1, 0.15) is 11.7 Å². The van der Waals surface area contributed by atoms with Gasteiger partial charge in [-0.05, 0) is 6.07 Å². The fourth-order valence-corrected chi connectivity index (χ4v) is 1.39. The average molecular weight is 241 g/mol. The second kappa shape index (κ2) is 5.40. The molecule has 1 aromatic rings. The number of carboxylic acids is 1. The van der Waals surface area contributed by atoms with E-state index in [9.17, 15) is 15.0 Å². The van der Waals surface area contributed by atoms with Crippen LogP contribution < -0.4 is 19.3 Å². The lowest BCUT2D eigenvalue weighted by molar-refractivity contribution is -0.315. The Morgan fingerprint density at radius 3 is 2.00 bits per heavy atom. The van der Waals surface area contributed by atoms with Gasteiger partial charge >= 0.3 is 0 Å². The monoisotopic (exact) mass is 241 g/mol. The first-order valence-corrected chi connectivity index (χ1v) is 4.74. The molecule has 17 heavy (non-hydrogen) atoms. The number of aliphatic hydroxyl groups is 1. The van der Waals surface area contributed by atoms with Crippen LogP contribution >= 0.6 is 0 Å². The Hall–Kier alpha value is -1.95. The first kappa shape index (κ1) is 13.1. The van der Waals surface area contributed by atoms with Gasteiger partial charge in [0.2, 0.25) is 0 Å². The van der Waals surface area contributed by atoms with Crippen molar-refractivity contribution in [3.05, 3.63) is 17.7 Å². The summed E-state index contributed by atoms with van der Waals surface area (Å²) in [4.78, 5) is 10.6. The van der Waals surface area contributed by atoms with Gasteiger partial charge in [0.25, 0.3) is 0 Å². The van der Waals surface area contributed by atoms with Gasteiger partial charge in [0.1, 0.15) is 11.9 Å². The molecule has 0 fully saturated rings. The van der Waals surface area contributed by atoms with Gasteiger partial charge in [-0.2, -0.15) is 0 Å². The summed E-state index contributed by atoms with van der Waals surface area (Å²) in [5.41, 5.74) is 0.0464. The molecule has 1 N–H and O–H groups in total. The first-order valence-electron chi connectivity index (χ1n) is 4.74. The van der Waals surface area contributed by atoms with E-state index in [-0.39, 0.29) is 11.3 Å². The Morgan fingerprint density at radius 2 is 1.59 bits per heavy atom. The Balaban J connectivity index is 3.33. The molecular formula is C11H13O6-. The summed E-state index contributed by atoms with van der Waals surface area (Å²) in [6, 6.07) is 2.76. The third-order valence-corrected chi connectivity index (χ3v) is 2.25. The molecule has 0 bridgehead atoms. The minimum absolute atomic E-state index is 0.0464. The quantitative estimate of drug-likeness (QED) is 0.747. The SMILES string of the molecule is COc1cc(OC)c(C(O)C(=O)[O-])cc1OC. The summed E-state index contributed by atoms with van der Waals surface area (Å²) in [5, 5.41) is 20.1. The molecule has 0 saturated carbocycles. The molecule has 0 saturated heterocycles. The molecule has 1 aromatic carbocycles. The van der Waals surface area contributed by atoms with E-state index in [1.165, 1.54) is 33.5 Å². The van der Waals surface area contributed by atoms with Crippen LogP contribution in [0, 0.1) is 0 Å². The lowest BCUT2D eigenvalue weighted by Crippen LogP contribution is -2.29. The highest BCUT2D eigenvalue weighted by Crippen LogP contribution is 2.37. The molecule has 6 heteroatoms. The van der Waals surface area contributed by atoms with Crippen LogP contribution in [-0.2, 0) is 4.79 Å². The topological polar surface area (TPSA) is 88.0 Å². The normalized spacial score (nSPS) is 11.8. The van der Waals surface area contributed by atoms with E-state index in [0.717, 1.165) is 0 Å². The van der Waals surface area contributed by atoms with Crippen LogP contribution in [0.25, 0.3) is 0 Å². The molecule has 0 radical (unpaired) electrons. The lowest BCUT2D eigenvalue weighted by atomic mass is 10.1. The first-order chi connectivity index (χ1) is 8.04. The zero-order valence-electron chi connectivity index (χ0n) is 9.72. The van der Waals surface area contributed by atoms with Crippen LogP contribution in [0.15, 0.2) is 12.1 Å². The highest BCUT2D eigenvalue weighted by Gasteiger charge is 2.18. The molecule has 0 aliphatic rings. The molecule has 1 rings (SSSR count). The number of carbonyl (C=O) groups excluding carboxylic acids is 1. The Bertz CT molecular complexity index is 415. The molecule has 0 aliphatic carbocycles. The number of carboxylic acid groups (broad SMARTS) is 1. The molecule has 0 spiro atoms. The van der Waals surface area contributed by atoms with Crippen molar-refractivity contribution in [1.29, 1.82) is 0 Å². The Labute approximate surface area is 98.3 Å². The lowest BCUT2D eigenvalue weighted by Gasteiger charge is -2.18. The molecule has 0 heterocycles. The number of ether oxygens (including phenoxy) is 3. The predicted molar refractivity (Wildman–Crippen MR) is 56.1 cm³/mol. The number of rotatable bonds is 5. The van der Waals surface area contributed by atoms with Gasteiger partial charge in [-0.25, -0.2) is 0 Å². The molecule has 0 aromatic heterocycles. The maximum Gasteiger partial charge on any atom is 0.164 e. The molecule has 0 amide bonds. The molecule has 0 aliphatic heterocycles. The minimum Gasteiger partial charge on any atom is -0.547 e. The van der Waals surface area contributed by atoms with Gasteiger partial charge in [0.05, 0.1) is 27.3 Å². The second-order valence-electron chi connectivity index (χ2n) is 3.17. The van der Waals surface area contributed by atoms with Crippen LogP contribution in [0.2, 0.25) is 0 Å². The van der Waals surface area contributed by atoms with Gasteiger partial charge < -0.3 is 29.2 Å². The maximum atomic E-state index is 10.6. The third-order valence-electron chi connectivity index (χ3n) is 2.25. The van der Waals surface area contributed by atoms with Gasteiger partial charge in [0.15, 0.2) is 11.5 Å². The molecule has 1 atom stereocenters. The van der Waals surface area contributed by atoms with Crippen molar-refractivity contribution in [1.82, 2.24) is 0 Å². The molecular weight excluding hydrogens is 228 g/mol. The standard InChI is InChI=1S/C11H14O6/c1-15-7-5-9(17-3)8(16-2)4-6(7)10(12)11(13)14/h4-5,10,12H,1-3H3,(H,13,14)/p-1. The van der Waals surface area contributed by atoms with Crippen molar-refractivity contribution in [3.63, 3.8) is 0 Å². The van der Waals surface area contributed by atoms with Crippen LogP contribution in [0.4, 0.5) is 0 Å².